The van der Waals surface area contributed by atoms with Crippen LogP contribution in [0.15, 0.2) is 24.3 Å². The molecule has 1 unspecified atom stereocenters. The number of benzene rings is 1. The second-order valence-corrected chi connectivity index (χ2v) is 3.45. The molecule has 0 radical (unpaired) electrons. The Kier molecular flexibility index (Phi) is 4.51. The topological polar surface area (TPSA) is 64.6 Å². The van der Waals surface area contributed by atoms with E-state index in [0.29, 0.717) is 11.3 Å². The number of carbonyl (C=O) groups excluding carboxylic acids is 2. The third-order valence-electron chi connectivity index (χ3n) is 2.25. The van der Waals surface area contributed by atoms with Crippen molar-refractivity contribution >= 4 is 11.9 Å². The van der Waals surface area contributed by atoms with Gasteiger partial charge in [-0.1, -0.05) is 0 Å². The summed E-state index contributed by atoms with van der Waals surface area (Å²) in [6.45, 7) is 1.56. The SMILES string of the molecule is COC(=O)C(C)NC(=O)c1ccc(OC)cc1. The van der Waals surface area contributed by atoms with Crippen molar-refractivity contribution in [2.75, 3.05) is 14.2 Å². The number of nitrogens with one attached hydrogen (secondary N) is 1. The molecule has 1 amide bonds. The van der Waals surface area contributed by atoms with E-state index in [-0.39, 0.29) is 5.91 Å². The van der Waals surface area contributed by atoms with Gasteiger partial charge in [-0.2, -0.15) is 0 Å². The largest absolute Gasteiger partial charge is 0.497 e. The molecule has 1 atom stereocenters. The molecule has 92 valence electrons. The summed E-state index contributed by atoms with van der Waals surface area (Å²) in [7, 11) is 2.83. The molecular formula is C12H15NO4. The molecule has 17 heavy (non-hydrogen) atoms. The molecule has 0 spiro atoms. The first-order valence-corrected chi connectivity index (χ1v) is 5.11. The van der Waals surface area contributed by atoms with Crippen molar-refractivity contribution < 1.29 is 19.1 Å². The van der Waals surface area contributed by atoms with Crippen molar-refractivity contribution in [1.82, 2.24) is 5.32 Å². The van der Waals surface area contributed by atoms with Gasteiger partial charge < -0.3 is 14.8 Å². The Balaban J connectivity index is 2.66. The van der Waals surface area contributed by atoms with Gasteiger partial charge in [0.05, 0.1) is 14.2 Å². The van der Waals surface area contributed by atoms with Gasteiger partial charge in [0.15, 0.2) is 0 Å². The fourth-order valence-corrected chi connectivity index (χ4v) is 1.26. The normalized spacial score (nSPS) is 11.5. The molecule has 1 aromatic rings. The molecule has 0 heterocycles. The van der Waals surface area contributed by atoms with E-state index in [9.17, 15) is 9.59 Å². The lowest BCUT2D eigenvalue weighted by molar-refractivity contribution is -0.142. The molecule has 0 saturated heterocycles. The molecule has 1 N–H and O–H groups in total. The number of methoxy groups -OCH3 is 2. The van der Waals surface area contributed by atoms with Crippen molar-refractivity contribution in [1.29, 1.82) is 0 Å². The van der Waals surface area contributed by atoms with Crippen LogP contribution in [0.3, 0.4) is 0 Å². The summed E-state index contributed by atoms with van der Waals surface area (Å²) in [6.07, 6.45) is 0. The van der Waals surface area contributed by atoms with Crippen LogP contribution in [0.2, 0.25) is 0 Å². The second kappa shape index (κ2) is 5.89. The van der Waals surface area contributed by atoms with Crippen molar-refractivity contribution in [2.24, 2.45) is 0 Å². The Hall–Kier alpha value is -2.04. The third kappa shape index (κ3) is 3.48. The van der Waals surface area contributed by atoms with E-state index in [1.54, 1.807) is 38.3 Å². The van der Waals surface area contributed by atoms with E-state index in [0.717, 1.165) is 0 Å². The highest BCUT2D eigenvalue weighted by molar-refractivity contribution is 5.96. The van der Waals surface area contributed by atoms with Crippen LogP contribution < -0.4 is 10.1 Å². The van der Waals surface area contributed by atoms with Gasteiger partial charge in [0.25, 0.3) is 5.91 Å². The summed E-state index contributed by atoms with van der Waals surface area (Å²) in [5, 5.41) is 2.53. The minimum atomic E-state index is -0.672. The van der Waals surface area contributed by atoms with Crippen LogP contribution in [0.1, 0.15) is 17.3 Å². The molecule has 0 aliphatic carbocycles. The van der Waals surface area contributed by atoms with E-state index in [1.165, 1.54) is 7.11 Å². The Morgan fingerprint density at radius 1 is 1.18 bits per heavy atom. The van der Waals surface area contributed by atoms with E-state index in [1.807, 2.05) is 0 Å². The van der Waals surface area contributed by atoms with Gasteiger partial charge in [-0.25, -0.2) is 4.79 Å². The van der Waals surface area contributed by atoms with Gasteiger partial charge in [-0.05, 0) is 31.2 Å². The minimum absolute atomic E-state index is 0.328. The van der Waals surface area contributed by atoms with Gasteiger partial charge >= 0.3 is 5.97 Å². The molecule has 0 aliphatic rings. The van der Waals surface area contributed by atoms with Crippen LogP contribution in [0.5, 0.6) is 5.75 Å². The first-order valence-electron chi connectivity index (χ1n) is 5.11. The number of hydrogen-bond donors (Lipinski definition) is 1. The van der Waals surface area contributed by atoms with E-state index in [2.05, 4.69) is 10.1 Å². The predicted molar refractivity (Wildman–Crippen MR) is 61.9 cm³/mol. The third-order valence-corrected chi connectivity index (χ3v) is 2.25. The molecule has 0 saturated carbocycles. The highest BCUT2D eigenvalue weighted by Crippen LogP contribution is 2.11. The summed E-state index contributed by atoms with van der Waals surface area (Å²) in [4.78, 5) is 22.8. The van der Waals surface area contributed by atoms with Crippen molar-refractivity contribution in [3.05, 3.63) is 29.8 Å². The monoisotopic (exact) mass is 237 g/mol. The quantitative estimate of drug-likeness (QED) is 0.793. The Labute approximate surface area is 99.7 Å². The highest BCUT2D eigenvalue weighted by atomic mass is 16.5. The number of ether oxygens (including phenoxy) is 2. The molecule has 1 aromatic carbocycles. The molecular weight excluding hydrogens is 222 g/mol. The number of esters is 1. The van der Waals surface area contributed by atoms with E-state index in [4.69, 9.17) is 4.74 Å². The van der Waals surface area contributed by atoms with Crippen LogP contribution in [0.4, 0.5) is 0 Å². The first kappa shape index (κ1) is 13.0. The fourth-order valence-electron chi connectivity index (χ4n) is 1.26. The van der Waals surface area contributed by atoms with Crippen LogP contribution >= 0.6 is 0 Å². The van der Waals surface area contributed by atoms with Crippen molar-refractivity contribution in [3.63, 3.8) is 0 Å². The van der Waals surface area contributed by atoms with Gasteiger partial charge in [-0.3, -0.25) is 4.79 Å². The van der Waals surface area contributed by atoms with Crippen LogP contribution in [0, 0.1) is 0 Å². The maximum Gasteiger partial charge on any atom is 0.328 e. The first-order chi connectivity index (χ1) is 8.08. The highest BCUT2D eigenvalue weighted by Gasteiger charge is 2.16. The zero-order chi connectivity index (χ0) is 12.8. The molecule has 0 aliphatic heterocycles. The zero-order valence-corrected chi connectivity index (χ0v) is 10.0. The smallest absolute Gasteiger partial charge is 0.328 e. The molecule has 1 rings (SSSR count). The summed E-state index contributed by atoms with van der Waals surface area (Å²) in [6, 6.07) is 5.93. The van der Waals surface area contributed by atoms with Crippen molar-refractivity contribution in [3.8, 4) is 5.75 Å². The number of carbonyl (C=O) groups is 2. The van der Waals surface area contributed by atoms with Crippen molar-refractivity contribution in [2.45, 2.75) is 13.0 Å². The van der Waals surface area contributed by atoms with Gasteiger partial charge in [-0.15, -0.1) is 0 Å². The zero-order valence-electron chi connectivity index (χ0n) is 10.0. The lowest BCUT2D eigenvalue weighted by Crippen LogP contribution is -2.39. The number of rotatable bonds is 4. The summed E-state index contributed by atoms with van der Waals surface area (Å²) < 4.78 is 9.49. The van der Waals surface area contributed by atoms with E-state index < -0.39 is 12.0 Å². The molecule has 5 heteroatoms. The lowest BCUT2D eigenvalue weighted by Gasteiger charge is -2.11. The Morgan fingerprint density at radius 3 is 2.24 bits per heavy atom. The number of hydrogen-bond acceptors (Lipinski definition) is 4. The average Bonchev–Trinajstić information content (AvgIpc) is 2.37. The summed E-state index contributed by atoms with van der Waals surface area (Å²) in [5.41, 5.74) is 0.460. The Morgan fingerprint density at radius 2 is 1.76 bits per heavy atom. The van der Waals surface area contributed by atoms with E-state index >= 15 is 0 Å². The summed E-state index contributed by atoms with van der Waals surface area (Å²) in [5.74, 6) is -0.139. The Bertz CT molecular complexity index is 399. The van der Waals surface area contributed by atoms with Gasteiger partial charge in [0.1, 0.15) is 11.8 Å². The van der Waals surface area contributed by atoms with Crippen LogP contribution in [0.25, 0.3) is 0 Å². The molecule has 0 bridgehead atoms. The molecule has 0 aromatic heterocycles. The summed E-state index contributed by atoms with van der Waals surface area (Å²) >= 11 is 0. The maximum atomic E-state index is 11.7. The molecule has 0 fully saturated rings. The standard InChI is InChI=1S/C12H15NO4/c1-8(12(15)17-3)13-11(14)9-4-6-10(16-2)7-5-9/h4-8H,1-3H3,(H,13,14). The fraction of sp³-hybridized carbons (Fsp3) is 0.333. The minimum Gasteiger partial charge on any atom is -0.497 e. The lowest BCUT2D eigenvalue weighted by atomic mass is 10.2. The molecule has 5 nitrogen and oxygen atoms in total. The number of amides is 1. The van der Waals surface area contributed by atoms with Crippen LogP contribution in [-0.4, -0.2) is 32.1 Å². The predicted octanol–water partition coefficient (Wildman–Crippen LogP) is 0.986. The van der Waals surface area contributed by atoms with Crippen LogP contribution in [-0.2, 0) is 9.53 Å². The van der Waals surface area contributed by atoms with Gasteiger partial charge in [0, 0.05) is 5.56 Å². The maximum absolute atomic E-state index is 11.7. The average molecular weight is 237 g/mol. The second-order valence-electron chi connectivity index (χ2n) is 3.45. The van der Waals surface area contributed by atoms with Gasteiger partial charge in [0.2, 0.25) is 0 Å².